The molecule has 0 unspecified atom stereocenters. The Balaban J connectivity index is 2.16. The van der Waals surface area contributed by atoms with E-state index in [2.05, 4.69) is 4.98 Å². The Morgan fingerprint density at radius 2 is 1.90 bits per heavy atom. The third kappa shape index (κ3) is 2.42. The zero-order valence-electron chi connectivity index (χ0n) is 11.2. The van der Waals surface area contributed by atoms with Gasteiger partial charge in [-0.25, -0.2) is 8.78 Å². The summed E-state index contributed by atoms with van der Waals surface area (Å²) in [4.78, 5) is 3.01. The number of ether oxygens (including phenoxy) is 1. The van der Waals surface area contributed by atoms with Crippen molar-refractivity contribution in [1.29, 1.82) is 0 Å². The van der Waals surface area contributed by atoms with Crippen molar-refractivity contribution in [2.45, 2.75) is 6.54 Å². The third-order valence-corrected chi connectivity index (χ3v) is 3.68. The molecule has 0 aliphatic rings. The molecule has 0 atom stereocenters. The van der Waals surface area contributed by atoms with Gasteiger partial charge in [0.15, 0.2) is 4.77 Å². The van der Waals surface area contributed by atoms with Gasteiger partial charge in [-0.1, -0.05) is 6.07 Å². The van der Waals surface area contributed by atoms with E-state index in [1.54, 1.807) is 23.8 Å². The molecule has 0 bridgehead atoms. The van der Waals surface area contributed by atoms with Gasteiger partial charge in [-0.05, 0) is 36.5 Å². The van der Waals surface area contributed by atoms with Gasteiger partial charge in [0.25, 0.3) is 0 Å². The molecule has 0 radical (unpaired) electrons. The molecule has 1 aromatic heterocycles. The number of aromatic amines is 1. The molecule has 0 amide bonds. The molecule has 2 aromatic carbocycles. The molecule has 0 saturated heterocycles. The maximum Gasteiger partial charge on any atom is 0.178 e. The molecule has 1 heterocycles. The highest BCUT2D eigenvalue weighted by Gasteiger charge is 2.12. The van der Waals surface area contributed by atoms with Gasteiger partial charge in [0.2, 0.25) is 0 Å². The van der Waals surface area contributed by atoms with Crippen molar-refractivity contribution in [3.05, 3.63) is 58.4 Å². The van der Waals surface area contributed by atoms with Crippen LogP contribution in [0.2, 0.25) is 0 Å². The SMILES string of the molecule is COc1ccc2[nH]c(=S)n(Cc3c(F)cccc3F)c2c1. The Bertz CT molecular complexity index is 849. The molecule has 108 valence electrons. The first-order valence-electron chi connectivity index (χ1n) is 6.29. The summed E-state index contributed by atoms with van der Waals surface area (Å²) in [5, 5.41) is 0. The summed E-state index contributed by atoms with van der Waals surface area (Å²) in [6, 6.07) is 9.20. The van der Waals surface area contributed by atoms with Crippen molar-refractivity contribution in [2.75, 3.05) is 7.11 Å². The monoisotopic (exact) mass is 306 g/mol. The number of nitrogens with zero attached hydrogens (tertiary/aromatic N) is 1. The van der Waals surface area contributed by atoms with Crippen LogP contribution in [0.25, 0.3) is 11.0 Å². The van der Waals surface area contributed by atoms with E-state index in [9.17, 15) is 8.78 Å². The van der Waals surface area contributed by atoms with Gasteiger partial charge in [-0.2, -0.15) is 0 Å². The Hall–Kier alpha value is -2.21. The lowest BCUT2D eigenvalue weighted by atomic mass is 10.2. The number of hydrogen-bond donors (Lipinski definition) is 1. The fraction of sp³-hybridized carbons (Fsp3) is 0.133. The van der Waals surface area contributed by atoms with E-state index in [1.165, 1.54) is 18.2 Å². The van der Waals surface area contributed by atoms with Gasteiger partial charge in [0.05, 0.1) is 24.7 Å². The van der Waals surface area contributed by atoms with Crippen molar-refractivity contribution in [3.8, 4) is 5.75 Å². The summed E-state index contributed by atoms with van der Waals surface area (Å²) in [6.07, 6.45) is 0. The standard InChI is InChI=1S/C15H12F2N2OS/c1-20-9-5-6-13-14(7-9)19(15(21)18-13)8-10-11(16)3-2-4-12(10)17/h2-7H,8H2,1H3,(H,18,21). The minimum Gasteiger partial charge on any atom is -0.497 e. The van der Waals surface area contributed by atoms with E-state index < -0.39 is 11.6 Å². The van der Waals surface area contributed by atoms with Gasteiger partial charge >= 0.3 is 0 Å². The lowest BCUT2D eigenvalue weighted by Gasteiger charge is -2.08. The molecule has 3 aromatic rings. The van der Waals surface area contributed by atoms with Crippen LogP contribution >= 0.6 is 12.2 Å². The summed E-state index contributed by atoms with van der Waals surface area (Å²) in [5.74, 6) is -0.525. The fourth-order valence-corrected chi connectivity index (χ4v) is 2.53. The summed E-state index contributed by atoms with van der Waals surface area (Å²) >= 11 is 5.24. The minimum absolute atomic E-state index is 0.0164. The summed E-state index contributed by atoms with van der Waals surface area (Å²) in [6.45, 7) is 0.0184. The number of nitrogens with one attached hydrogen (secondary N) is 1. The largest absolute Gasteiger partial charge is 0.497 e. The Morgan fingerprint density at radius 3 is 2.57 bits per heavy atom. The van der Waals surface area contributed by atoms with E-state index in [0.29, 0.717) is 10.5 Å². The normalized spacial score (nSPS) is 11.0. The Morgan fingerprint density at radius 1 is 1.19 bits per heavy atom. The first kappa shape index (κ1) is 13.8. The fourth-order valence-electron chi connectivity index (χ4n) is 2.26. The second-order valence-corrected chi connectivity index (χ2v) is 4.99. The quantitative estimate of drug-likeness (QED) is 0.740. The topological polar surface area (TPSA) is 29.9 Å². The van der Waals surface area contributed by atoms with Crippen molar-refractivity contribution in [2.24, 2.45) is 0 Å². The van der Waals surface area contributed by atoms with Crippen molar-refractivity contribution in [3.63, 3.8) is 0 Å². The van der Waals surface area contributed by atoms with Crippen LogP contribution in [-0.2, 0) is 6.54 Å². The number of methoxy groups -OCH3 is 1. The summed E-state index contributed by atoms with van der Waals surface area (Å²) in [5.41, 5.74) is 1.51. The second kappa shape index (κ2) is 5.29. The molecule has 21 heavy (non-hydrogen) atoms. The Labute approximate surface area is 124 Å². The van der Waals surface area contributed by atoms with Crippen LogP contribution in [0.5, 0.6) is 5.75 Å². The molecular weight excluding hydrogens is 294 g/mol. The van der Waals surface area contributed by atoms with Crippen LogP contribution < -0.4 is 4.74 Å². The van der Waals surface area contributed by atoms with Crippen LogP contribution in [0, 0.1) is 16.4 Å². The number of hydrogen-bond acceptors (Lipinski definition) is 2. The van der Waals surface area contributed by atoms with E-state index >= 15 is 0 Å². The number of aromatic nitrogens is 2. The van der Waals surface area contributed by atoms with Crippen molar-refractivity contribution < 1.29 is 13.5 Å². The van der Waals surface area contributed by atoms with Crippen LogP contribution in [-0.4, -0.2) is 16.7 Å². The summed E-state index contributed by atoms with van der Waals surface area (Å²) < 4.78 is 34.8. The minimum atomic E-state index is -0.589. The van der Waals surface area contributed by atoms with Gasteiger partial charge in [0.1, 0.15) is 17.4 Å². The van der Waals surface area contributed by atoms with E-state index in [1.807, 2.05) is 6.07 Å². The van der Waals surface area contributed by atoms with Crippen LogP contribution in [0.1, 0.15) is 5.56 Å². The van der Waals surface area contributed by atoms with Crippen LogP contribution in [0.4, 0.5) is 8.78 Å². The number of H-pyrrole nitrogens is 1. The first-order valence-corrected chi connectivity index (χ1v) is 6.70. The Kier molecular flexibility index (Phi) is 3.47. The highest BCUT2D eigenvalue weighted by molar-refractivity contribution is 7.71. The third-order valence-electron chi connectivity index (χ3n) is 3.36. The van der Waals surface area contributed by atoms with Gasteiger partial charge in [-0.3, -0.25) is 0 Å². The van der Waals surface area contributed by atoms with Gasteiger partial charge in [-0.15, -0.1) is 0 Å². The second-order valence-electron chi connectivity index (χ2n) is 4.60. The van der Waals surface area contributed by atoms with Gasteiger partial charge in [0, 0.05) is 11.6 Å². The molecule has 0 saturated carbocycles. The highest BCUT2D eigenvalue weighted by Crippen LogP contribution is 2.23. The smallest absolute Gasteiger partial charge is 0.178 e. The molecule has 3 rings (SSSR count). The predicted molar refractivity (Wildman–Crippen MR) is 79.1 cm³/mol. The van der Waals surface area contributed by atoms with Crippen molar-refractivity contribution in [1.82, 2.24) is 9.55 Å². The lowest BCUT2D eigenvalue weighted by molar-refractivity contribution is 0.415. The molecular formula is C15H12F2N2OS. The number of imidazole rings is 1. The maximum absolute atomic E-state index is 13.8. The zero-order chi connectivity index (χ0) is 15.0. The average Bonchev–Trinajstić information content (AvgIpc) is 2.78. The van der Waals surface area contributed by atoms with E-state index in [-0.39, 0.29) is 12.1 Å². The molecule has 0 fully saturated rings. The number of rotatable bonds is 3. The first-order chi connectivity index (χ1) is 10.1. The van der Waals surface area contributed by atoms with Crippen LogP contribution in [0.15, 0.2) is 36.4 Å². The van der Waals surface area contributed by atoms with E-state index in [0.717, 1.165) is 11.0 Å². The molecule has 0 spiro atoms. The lowest BCUT2D eigenvalue weighted by Crippen LogP contribution is -2.04. The zero-order valence-corrected chi connectivity index (χ0v) is 12.0. The van der Waals surface area contributed by atoms with Gasteiger partial charge < -0.3 is 14.3 Å². The van der Waals surface area contributed by atoms with E-state index in [4.69, 9.17) is 17.0 Å². The number of benzene rings is 2. The highest BCUT2D eigenvalue weighted by atomic mass is 32.1. The molecule has 1 N–H and O–H groups in total. The molecule has 0 aliphatic heterocycles. The average molecular weight is 306 g/mol. The van der Waals surface area contributed by atoms with Crippen LogP contribution in [0.3, 0.4) is 0 Å². The molecule has 3 nitrogen and oxygen atoms in total. The summed E-state index contributed by atoms with van der Waals surface area (Å²) in [7, 11) is 1.56. The van der Waals surface area contributed by atoms with Crippen molar-refractivity contribution >= 4 is 23.3 Å². The number of halogens is 2. The molecule has 6 heteroatoms. The number of fused-ring (bicyclic) bond motifs is 1. The predicted octanol–water partition coefficient (Wildman–Crippen LogP) is 4.03. The maximum atomic E-state index is 13.8. The molecule has 0 aliphatic carbocycles.